The van der Waals surface area contributed by atoms with E-state index in [1.165, 1.54) is 11.1 Å². The van der Waals surface area contributed by atoms with E-state index in [0.717, 1.165) is 18.6 Å². The monoisotopic (exact) mass is 550 g/mol. The number of carbonyl (C=O) groups is 1. The number of ether oxygens (including phenoxy) is 2. The number of hydrogen-bond acceptors (Lipinski definition) is 4. The van der Waals surface area contributed by atoms with E-state index in [2.05, 4.69) is 57.7 Å². The first kappa shape index (κ1) is 52.1. The fourth-order valence-electron chi connectivity index (χ4n) is 1.99. The molecule has 4 N–H and O–H groups in total. The van der Waals surface area contributed by atoms with E-state index in [-0.39, 0.29) is 34.4 Å². The van der Waals surface area contributed by atoms with Gasteiger partial charge >= 0.3 is 6.16 Å². The molecule has 226 valence electrons. The molecular weight excluding hydrogens is 492 g/mol. The summed E-state index contributed by atoms with van der Waals surface area (Å²) in [6.45, 7) is 15.4. The van der Waals surface area contributed by atoms with Gasteiger partial charge in [-0.05, 0) is 24.0 Å². The standard InChI is InChI=1S/C8H8O3.C8H10O.C7H8.C4H10.C2H4.CH4O.3CH4.H2O/c9-8(10)11-6-7-4-2-1-3-5-7;1-9-7-8-5-3-2-4-6-8;1-7-5-3-2-4-6-7;1-4(2)3;2*1-2;;;;/h1-5H,6H2,(H,9,10);2-6H,7H2,1H3;2-6H,1H3;4H,1-3H3;1-2H2;2H,1H3;3*1H4;1H2. The molecule has 6 nitrogen and oxygen atoms in total. The van der Waals surface area contributed by atoms with Gasteiger partial charge in [0.1, 0.15) is 6.61 Å². The lowest BCUT2D eigenvalue weighted by Crippen LogP contribution is -1.99. The van der Waals surface area contributed by atoms with Crippen molar-refractivity contribution in [3.8, 4) is 0 Å². The van der Waals surface area contributed by atoms with Gasteiger partial charge in [-0.25, -0.2) is 4.79 Å². The van der Waals surface area contributed by atoms with Crippen molar-refractivity contribution in [2.24, 2.45) is 5.92 Å². The smallest absolute Gasteiger partial charge is 0.450 e. The third kappa shape index (κ3) is 44.9. The van der Waals surface area contributed by atoms with Crippen molar-refractivity contribution in [3.05, 3.63) is 121 Å². The zero-order valence-corrected chi connectivity index (χ0v) is 22.7. The summed E-state index contributed by atoms with van der Waals surface area (Å²) < 4.78 is 9.27. The third-order valence-electron chi connectivity index (χ3n) is 3.30. The average molecular weight is 551 g/mol. The topological polar surface area (TPSA) is 107 Å². The lowest BCUT2D eigenvalue weighted by atomic mass is 10.2. The van der Waals surface area contributed by atoms with Gasteiger partial charge in [0.2, 0.25) is 0 Å². The van der Waals surface area contributed by atoms with Gasteiger partial charge in [-0.2, -0.15) is 0 Å². The summed E-state index contributed by atoms with van der Waals surface area (Å²) in [5, 5.41) is 15.2. The highest BCUT2D eigenvalue weighted by atomic mass is 16.7. The van der Waals surface area contributed by atoms with Gasteiger partial charge < -0.3 is 25.2 Å². The molecule has 3 aromatic carbocycles. The number of rotatable bonds is 4. The Labute approximate surface area is 240 Å². The van der Waals surface area contributed by atoms with Crippen molar-refractivity contribution < 1.29 is 30.0 Å². The molecule has 0 unspecified atom stereocenters. The highest BCUT2D eigenvalue weighted by molar-refractivity contribution is 5.56. The molecule has 0 fully saturated rings. The summed E-state index contributed by atoms with van der Waals surface area (Å²) in [6.07, 6.45) is -1.24. The van der Waals surface area contributed by atoms with Crippen LogP contribution in [0.5, 0.6) is 0 Å². The minimum absolute atomic E-state index is 0. The second kappa shape index (κ2) is 41.7. The minimum Gasteiger partial charge on any atom is -0.450 e. The van der Waals surface area contributed by atoms with E-state index in [1.807, 2.05) is 78.9 Å². The highest BCUT2D eigenvalue weighted by Gasteiger charge is 1.95. The Morgan fingerprint density at radius 2 is 1.00 bits per heavy atom. The number of aliphatic hydroxyl groups excluding tert-OH is 1. The van der Waals surface area contributed by atoms with Gasteiger partial charge in [0.05, 0.1) is 6.61 Å². The molecule has 0 saturated heterocycles. The predicted molar refractivity (Wildman–Crippen MR) is 171 cm³/mol. The molecular formula is C33H58O6. The van der Waals surface area contributed by atoms with Crippen LogP contribution in [0.3, 0.4) is 0 Å². The summed E-state index contributed by atoms with van der Waals surface area (Å²) in [4.78, 5) is 9.95. The number of benzene rings is 3. The van der Waals surface area contributed by atoms with Crippen molar-refractivity contribution in [2.45, 2.75) is 63.2 Å². The Kier molecular flexibility index (Phi) is 55.6. The van der Waals surface area contributed by atoms with Crippen LogP contribution in [0.1, 0.15) is 59.7 Å². The van der Waals surface area contributed by atoms with E-state index in [9.17, 15) is 4.79 Å². The summed E-state index contributed by atoms with van der Waals surface area (Å²) >= 11 is 0. The molecule has 0 heterocycles. The Morgan fingerprint density at radius 1 is 0.718 bits per heavy atom. The number of methoxy groups -OCH3 is 1. The fourth-order valence-corrected chi connectivity index (χ4v) is 1.99. The van der Waals surface area contributed by atoms with Crippen LogP contribution < -0.4 is 0 Å². The Bertz CT molecular complexity index is 791. The lowest BCUT2D eigenvalue weighted by Gasteiger charge is -1.98. The van der Waals surface area contributed by atoms with Gasteiger partial charge in [-0.3, -0.25) is 0 Å². The normalized spacial score (nSPS) is 7.49. The molecule has 3 rings (SSSR count). The second-order valence-corrected chi connectivity index (χ2v) is 7.35. The SMILES string of the molecule is C.C.C.C=C.CC(C)C.CO.COCc1ccccc1.Cc1ccccc1.O.O=C(O)OCc1ccccc1. The first-order valence-electron chi connectivity index (χ1n) is 11.2. The molecule has 0 bridgehead atoms. The molecule has 0 aliphatic rings. The third-order valence-corrected chi connectivity index (χ3v) is 3.30. The number of carboxylic acid groups (broad SMARTS) is 1. The number of hydrogen-bond donors (Lipinski definition) is 2. The maximum absolute atomic E-state index is 9.95. The van der Waals surface area contributed by atoms with Crippen LogP contribution in [0.25, 0.3) is 0 Å². The maximum atomic E-state index is 9.95. The average Bonchev–Trinajstić information content (AvgIpc) is 2.88. The first-order chi connectivity index (χ1) is 16.8. The van der Waals surface area contributed by atoms with E-state index in [1.54, 1.807) is 7.11 Å². The van der Waals surface area contributed by atoms with Crippen LogP contribution in [0.4, 0.5) is 4.79 Å². The van der Waals surface area contributed by atoms with E-state index in [4.69, 9.17) is 14.9 Å². The van der Waals surface area contributed by atoms with Crippen LogP contribution >= 0.6 is 0 Å². The maximum Gasteiger partial charge on any atom is 0.506 e. The molecule has 39 heavy (non-hydrogen) atoms. The molecule has 3 aromatic rings. The zero-order chi connectivity index (χ0) is 27.3. The summed E-state index contributed by atoms with van der Waals surface area (Å²) in [7, 11) is 2.70. The number of aliphatic hydroxyl groups is 1. The quantitative estimate of drug-likeness (QED) is 0.249. The van der Waals surface area contributed by atoms with Gasteiger partial charge in [0.25, 0.3) is 0 Å². The first-order valence-corrected chi connectivity index (χ1v) is 11.2. The number of aryl methyl sites for hydroxylation is 1. The van der Waals surface area contributed by atoms with Crippen molar-refractivity contribution in [1.82, 2.24) is 0 Å². The molecule has 0 atom stereocenters. The summed E-state index contributed by atoms with van der Waals surface area (Å²) in [5.41, 5.74) is 3.40. The molecule has 0 amide bonds. The molecule has 0 saturated carbocycles. The highest BCUT2D eigenvalue weighted by Crippen LogP contribution is 2.00. The van der Waals surface area contributed by atoms with Gasteiger partial charge in [0, 0.05) is 14.2 Å². The Hall–Kier alpha value is -3.45. The van der Waals surface area contributed by atoms with Crippen molar-refractivity contribution in [3.63, 3.8) is 0 Å². The second-order valence-electron chi connectivity index (χ2n) is 7.35. The van der Waals surface area contributed by atoms with E-state index in [0.29, 0.717) is 6.61 Å². The lowest BCUT2D eigenvalue weighted by molar-refractivity contribution is 0.0854. The summed E-state index contributed by atoms with van der Waals surface area (Å²) in [6, 6.07) is 29.5. The molecule has 6 heteroatoms. The largest absolute Gasteiger partial charge is 0.506 e. The van der Waals surface area contributed by atoms with Crippen LogP contribution in [-0.4, -0.2) is 36.1 Å². The summed E-state index contributed by atoms with van der Waals surface area (Å²) in [5.74, 6) is 0.833. The Balaban J connectivity index is -0.0000000673. The van der Waals surface area contributed by atoms with Crippen LogP contribution in [0.15, 0.2) is 104 Å². The van der Waals surface area contributed by atoms with E-state index < -0.39 is 6.16 Å². The van der Waals surface area contributed by atoms with Crippen molar-refractivity contribution >= 4 is 6.16 Å². The molecule has 0 aromatic heterocycles. The fraction of sp³-hybridized carbons (Fsp3) is 0.364. The Morgan fingerprint density at radius 3 is 1.23 bits per heavy atom. The van der Waals surface area contributed by atoms with Crippen LogP contribution in [0, 0.1) is 12.8 Å². The molecule has 0 radical (unpaired) electrons. The van der Waals surface area contributed by atoms with Gasteiger partial charge in [0.15, 0.2) is 0 Å². The van der Waals surface area contributed by atoms with Crippen LogP contribution in [-0.2, 0) is 22.7 Å². The van der Waals surface area contributed by atoms with Crippen molar-refractivity contribution in [1.29, 1.82) is 0 Å². The molecule has 0 aliphatic carbocycles. The van der Waals surface area contributed by atoms with Crippen molar-refractivity contribution in [2.75, 3.05) is 14.2 Å². The van der Waals surface area contributed by atoms with E-state index >= 15 is 0 Å². The van der Waals surface area contributed by atoms with Gasteiger partial charge in [-0.1, -0.05) is 140 Å². The predicted octanol–water partition coefficient (Wildman–Crippen LogP) is 8.87. The van der Waals surface area contributed by atoms with Crippen LogP contribution in [0.2, 0.25) is 0 Å². The molecule has 0 aliphatic heterocycles. The van der Waals surface area contributed by atoms with Gasteiger partial charge in [-0.15, -0.1) is 13.2 Å². The minimum atomic E-state index is -1.24. The molecule has 0 spiro atoms. The zero-order valence-electron chi connectivity index (χ0n) is 22.7.